The van der Waals surface area contributed by atoms with Gasteiger partial charge in [-0.1, -0.05) is 6.08 Å². The SMILES string of the molecule is C/C=C1/C(=O)N(C)C(C)CN1C. The molecule has 0 aromatic rings. The summed E-state index contributed by atoms with van der Waals surface area (Å²) in [6.07, 6.45) is 1.87. The summed E-state index contributed by atoms with van der Waals surface area (Å²) in [4.78, 5) is 15.4. The molecule has 12 heavy (non-hydrogen) atoms. The van der Waals surface area contributed by atoms with Crippen LogP contribution in [0.15, 0.2) is 11.8 Å². The minimum atomic E-state index is 0.124. The van der Waals surface area contributed by atoms with Gasteiger partial charge in [-0.15, -0.1) is 0 Å². The van der Waals surface area contributed by atoms with E-state index in [0.29, 0.717) is 6.04 Å². The molecule has 1 saturated heterocycles. The highest BCUT2D eigenvalue weighted by atomic mass is 16.2. The van der Waals surface area contributed by atoms with Crippen LogP contribution in [-0.4, -0.2) is 42.4 Å². The molecule has 68 valence electrons. The van der Waals surface area contributed by atoms with Crippen LogP contribution in [0.25, 0.3) is 0 Å². The Kier molecular flexibility index (Phi) is 2.40. The zero-order valence-corrected chi connectivity index (χ0v) is 8.16. The minimum absolute atomic E-state index is 0.124. The normalized spacial score (nSPS) is 28.5. The molecule has 0 N–H and O–H groups in total. The Morgan fingerprint density at radius 2 is 2.08 bits per heavy atom. The van der Waals surface area contributed by atoms with Crippen LogP contribution < -0.4 is 0 Å². The first-order valence-electron chi connectivity index (χ1n) is 4.22. The molecular weight excluding hydrogens is 152 g/mol. The Labute approximate surface area is 73.6 Å². The molecule has 3 nitrogen and oxygen atoms in total. The number of likely N-dealkylation sites (N-methyl/N-ethyl adjacent to an activating group) is 2. The molecule has 0 radical (unpaired) electrons. The Hall–Kier alpha value is -0.990. The van der Waals surface area contributed by atoms with Crippen LogP contribution >= 0.6 is 0 Å². The van der Waals surface area contributed by atoms with Crippen LogP contribution in [-0.2, 0) is 4.79 Å². The maximum atomic E-state index is 11.6. The van der Waals surface area contributed by atoms with Gasteiger partial charge in [0.2, 0.25) is 0 Å². The van der Waals surface area contributed by atoms with Crippen molar-refractivity contribution >= 4 is 5.91 Å². The lowest BCUT2D eigenvalue weighted by molar-refractivity contribution is -0.132. The summed E-state index contributed by atoms with van der Waals surface area (Å²) in [6, 6.07) is 0.311. The minimum Gasteiger partial charge on any atom is -0.368 e. The van der Waals surface area contributed by atoms with Crippen LogP contribution in [0, 0.1) is 0 Å². The van der Waals surface area contributed by atoms with Crippen molar-refractivity contribution < 1.29 is 4.79 Å². The molecule has 0 aromatic heterocycles. The van der Waals surface area contributed by atoms with Crippen molar-refractivity contribution in [3.63, 3.8) is 0 Å². The molecule has 1 atom stereocenters. The number of carbonyl (C=O) groups is 1. The third kappa shape index (κ3) is 1.31. The van der Waals surface area contributed by atoms with Crippen molar-refractivity contribution in [2.75, 3.05) is 20.6 Å². The Bertz CT molecular complexity index is 223. The van der Waals surface area contributed by atoms with E-state index in [9.17, 15) is 4.79 Å². The lowest BCUT2D eigenvalue weighted by atomic mass is 10.1. The summed E-state index contributed by atoms with van der Waals surface area (Å²) in [5.74, 6) is 0.124. The fraction of sp³-hybridized carbons (Fsp3) is 0.667. The van der Waals surface area contributed by atoms with E-state index in [1.807, 2.05) is 32.0 Å². The average molecular weight is 168 g/mol. The third-order valence-electron chi connectivity index (χ3n) is 2.42. The summed E-state index contributed by atoms with van der Waals surface area (Å²) in [5.41, 5.74) is 0.801. The fourth-order valence-electron chi connectivity index (χ4n) is 1.51. The molecule has 1 amide bonds. The van der Waals surface area contributed by atoms with Crippen LogP contribution in [0.4, 0.5) is 0 Å². The lowest BCUT2D eigenvalue weighted by Crippen LogP contribution is -2.50. The molecule has 0 saturated carbocycles. The van der Waals surface area contributed by atoms with E-state index in [-0.39, 0.29) is 5.91 Å². The van der Waals surface area contributed by atoms with Gasteiger partial charge in [0.05, 0.1) is 5.70 Å². The average Bonchev–Trinajstić information content (AvgIpc) is 2.01. The Morgan fingerprint density at radius 3 is 2.58 bits per heavy atom. The maximum Gasteiger partial charge on any atom is 0.269 e. The van der Waals surface area contributed by atoms with Gasteiger partial charge in [-0.3, -0.25) is 4.79 Å². The first-order valence-corrected chi connectivity index (χ1v) is 4.22. The van der Waals surface area contributed by atoms with E-state index in [2.05, 4.69) is 6.92 Å². The highest BCUT2D eigenvalue weighted by molar-refractivity contribution is 5.93. The molecule has 0 bridgehead atoms. The molecular formula is C9H16N2O. The highest BCUT2D eigenvalue weighted by Gasteiger charge is 2.28. The van der Waals surface area contributed by atoms with Crippen LogP contribution in [0.1, 0.15) is 13.8 Å². The number of hydrogen-bond acceptors (Lipinski definition) is 2. The number of hydrogen-bond donors (Lipinski definition) is 0. The molecule has 0 aliphatic carbocycles. The van der Waals surface area contributed by atoms with Crippen molar-refractivity contribution in [3.8, 4) is 0 Å². The van der Waals surface area contributed by atoms with Crippen molar-refractivity contribution in [2.45, 2.75) is 19.9 Å². The quantitative estimate of drug-likeness (QED) is 0.497. The van der Waals surface area contributed by atoms with E-state index in [1.54, 1.807) is 4.90 Å². The second-order valence-corrected chi connectivity index (χ2v) is 3.32. The van der Waals surface area contributed by atoms with Gasteiger partial charge in [-0.2, -0.15) is 0 Å². The highest BCUT2D eigenvalue weighted by Crippen LogP contribution is 2.15. The predicted octanol–water partition coefficient (Wildman–Crippen LogP) is 0.683. The maximum absolute atomic E-state index is 11.6. The molecule has 1 aliphatic heterocycles. The zero-order chi connectivity index (χ0) is 9.30. The molecule has 1 rings (SSSR count). The molecule has 1 heterocycles. The summed E-state index contributed by atoms with van der Waals surface area (Å²) < 4.78 is 0. The monoisotopic (exact) mass is 168 g/mol. The van der Waals surface area contributed by atoms with Crippen LogP contribution in [0.5, 0.6) is 0 Å². The third-order valence-corrected chi connectivity index (χ3v) is 2.42. The van der Waals surface area contributed by atoms with Gasteiger partial charge in [0.25, 0.3) is 5.91 Å². The fourth-order valence-corrected chi connectivity index (χ4v) is 1.51. The largest absolute Gasteiger partial charge is 0.368 e. The summed E-state index contributed by atoms with van der Waals surface area (Å²) in [7, 11) is 3.81. The molecule has 1 fully saturated rings. The molecule has 0 spiro atoms. The summed E-state index contributed by atoms with van der Waals surface area (Å²) >= 11 is 0. The van der Waals surface area contributed by atoms with E-state index >= 15 is 0 Å². The van der Waals surface area contributed by atoms with Gasteiger partial charge in [0.15, 0.2) is 0 Å². The molecule has 1 aliphatic rings. The Balaban J connectivity index is 2.87. The van der Waals surface area contributed by atoms with Crippen LogP contribution in [0.2, 0.25) is 0 Å². The van der Waals surface area contributed by atoms with Gasteiger partial charge >= 0.3 is 0 Å². The van der Waals surface area contributed by atoms with Gasteiger partial charge in [0.1, 0.15) is 0 Å². The molecule has 3 heteroatoms. The second kappa shape index (κ2) is 3.17. The van der Waals surface area contributed by atoms with Crippen LogP contribution in [0.3, 0.4) is 0 Å². The van der Waals surface area contributed by atoms with E-state index in [0.717, 1.165) is 12.2 Å². The van der Waals surface area contributed by atoms with Crippen molar-refractivity contribution in [1.29, 1.82) is 0 Å². The van der Waals surface area contributed by atoms with E-state index in [1.165, 1.54) is 0 Å². The van der Waals surface area contributed by atoms with Crippen molar-refractivity contribution in [3.05, 3.63) is 11.8 Å². The van der Waals surface area contributed by atoms with E-state index in [4.69, 9.17) is 0 Å². The van der Waals surface area contributed by atoms with Crippen molar-refractivity contribution in [2.24, 2.45) is 0 Å². The number of amides is 1. The number of allylic oxidation sites excluding steroid dienone is 1. The molecule has 1 unspecified atom stereocenters. The second-order valence-electron chi connectivity index (χ2n) is 3.32. The van der Waals surface area contributed by atoms with Gasteiger partial charge in [-0.25, -0.2) is 0 Å². The predicted molar refractivity (Wildman–Crippen MR) is 48.6 cm³/mol. The smallest absolute Gasteiger partial charge is 0.269 e. The topological polar surface area (TPSA) is 23.6 Å². The number of rotatable bonds is 0. The van der Waals surface area contributed by atoms with E-state index < -0.39 is 0 Å². The molecule has 0 aromatic carbocycles. The van der Waals surface area contributed by atoms with Crippen molar-refractivity contribution in [1.82, 2.24) is 9.80 Å². The Morgan fingerprint density at radius 1 is 1.50 bits per heavy atom. The van der Waals surface area contributed by atoms with Gasteiger partial charge in [-0.05, 0) is 13.8 Å². The number of piperazine rings is 1. The summed E-state index contributed by atoms with van der Waals surface area (Å²) in [6.45, 7) is 4.87. The standard InChI is InChI=1S/C9H16N2O/c1-5-8-9(12)11(4)7(2)6-10(8)3/h5,7H,6H2,1-4H3/b8-5-. The number of nitrogens with zero attached hydrogens (tertiary/aromatic N) is 2. The number of carbonyl (C=O) groups excluding carboxylic acids is 1. The van der Waals surface area contributed by atoms with Gasteiger partial charge in [0, 0.05) is 26.7 Å². The first-order chi connectivity index (χ1) is 5.57. The van der Waals surface area contributed by atoms with Gasteiger partial charge < -0.3 is 9.80 Å². The lowest BCUT2D eigenvalue weighted by Gasteiger charge is -2.38. The zero-order valence-electron chi connectivity index (χ0n) is 8.16. The summed E-state index contributed by atoms with van der Waals surface area (Å²) in [5, 5.41) is 0. The first kappa shape index (κ1) is 9.10.